The van der Waals surface area contributed by atoms with Crippen molar-refractivity contribution in [2.24, 2.45) is 40.4 Å². The van der Waals surface area contributed by atoms with Gasteiger partial charge in [-0.05, 0) is 117 Å². The van der Waals surface area contributed by atoms with Crippen LogP contribution in [0.2, 0.25) is 0 Å². The van der Waals surface area contributed by atoms with Crippen LogP contribution in [0.25, 0.3) is 0 Å². The molecule has 5 aliphatic carbocycles. The molecule has 24 heavy (non-hydrogen) atoms. The Bertz CT molecular complexity index is 410. The molecule has 0 spiro atoms. The second kappa shape index (κ2) is 6.27. The van der Waals surface area contributed by atoms with E-state index in [1.165, 1.54) is 70.6 Å². The lowest BCUT2D eigenvalue weighted by atomic mass is 9.48. The highest BCUT2D eigenvalue weighted by Gasteiger charge is 2.50. The van der Waals surface area contributed by atoms with Crippen molar-refractivity contribution in [3.8, 4) is 0 Å². The van der Waals surface area contributed by atoms with Gasteiger partial charge in [-0.3, -0.25) is 0 Å². The van der Waals surface area contributed by atoms with E-state index < -0.39 is 6.17 Å². The number of fused-ring (bicyclic) bond motifs is 3. The van der Waals surface area contributed by atoms with E-state index in [-0.39, 0.29) is 5.92 Å². The van der Waals surface area contributed by atoms with Crippen LogP contribution in [-0.2, 0) is 0 Å². The molecule has 0 radical (unpaired) electrons. The molecule has 0 saturated heterocycles. The number of rotatable bonds is 2. The molecule has 5 saturated carbocycles. The molecule has 0 aromatic heterocycles. The second-order valence-corrected chi connectivity index (χ2v) is 10.9. The minimum atomic E-state index is -0.538. The molecule has 1 heteroatoms. The molecule has 0 aliphatic heterocycles. The lowest BCUT2D eigenvalue weighted by Gasteiger charge is -2.57. The highest BCUT2D eigenvalue weighted by Crippen LogP contribution is 2.62. The number of halogens is 1. The van der Waals surface area contributed by atoms with E-state index >= 15 is 0 Å². The first-order valence-corrected chi connectivity index (χ1v) is 11.0. The van der Waals surface area contributed by atoms with Crippen molar-refractivity contribution in [2.75, 3.05) is 0 Å². The number of alkyl halides is 1. The average Bonchev–Trinajstić information content (AvgIpc) is 2.60. The van der Waals surface area contributed by atoms with Gasteiger partial charge in [-0.25, -0.2) is 4.39 Å². The molecule has 4 unspecified atom stereocenters. The highest BCUT2D eigenvalue weighted by molar-refractivity contribution is 5.01. The first-order valence-electron chi connectivity index (χ1n) is 11.0. The van der Waals surface area contributed by atoms with Crippen molar-refractivity contribution >= 4 is 0 Å². The average molecular weight is 335 g/mol. The van der Waals surface area contributed by atoms with Crippen LogP contribution in [0.15, 0.2) is 0 Å². The van der Waals surface area contributed by atoms with Gasteiger partial charge in [-0.1, -0.05) is 20.8 Å². The van der Waals surface area contributed by atoms with Crippen molar-refractivity contribution in [1.29, 1.82) is 0 Å². The summed E-state index contributed by atoms with van der Waals surface area (Å²) in [6, 6.07) is 0. The predicted molar refractivity (Wildman–Crippen MR) is 99.6 cm³/mol. The molecule has 5 rings (SSSR count). The molecule has 0 nitrogen and oxygen atoms in total. The second-order valence-electron chi connectivity index (χ2n) is 10.9. The van der Waals surface area contributed by atoms with Crippen LogP contribution in [0.3, 0.4) is 0 Å². The van der Waals surface area contributed by atoms with Crippen molar-refractivity contribution in [3.05, 3.63) is 0 Å². The maximum atomic E-state index is 14.4. The Morgan fingerprint density at radius 1 is 0.750 bits per heavy atom. The number of hydrogen-bond acceptors (Lipinski definition) is 0. The van der Waals surface area contributed by atoms with Crippen molar-refractivity contribution in [3.63, 3.8) is 0 Å². The molecule has 5 fully saturated rings. The van der Waals surface area contributed by atoms with Crippen molar-refractivity contribution in [1.82, 2.24) is 0 Å². The monoisotopic (exact) mass is 334 g/mol. The van der Waals surface area contributed by atoms with Gasteiger partial charge in [0.05, 0.1) is 0 Å². The summed E-state index contributed by atoms with van der Waals surface area (Å²) in [4.78, 5) is 0. The molecule has 4 atom stereocenters. The van der Waals surface area contributed by atoms with Gasteiger partial charge in [-0.15, -0.1) is 0 Å². The van der Waals surface area contributed by atoms with Crippen molar-refractivity contribution < 1.29 is 4.39 Å². The lowest BCUT2D eigenvalue weighted by Crippen LogP contribution is -2.45. The summed E-state index contributed by atoms with van der Waals surface area (Å²) in [6.45, 7) is 6.95. The van der Waals surface area contributed by atoms with Gasteiger partial charge in [0.1, 0.15) is 6.17 Å². The third-order valence-corrected chi connectivity index (χ3v) is 9.65. The molecular weight excluding hydrogens is 295 g/mol. The topological polar surface area (TPSA) is 0 Å². The fraction of sp³-hybridized carbons (Fsp3) is 1.00. The van der Waals surface area contributed by atoms with E-state index in [2.05, 4.69) is 20.8 Å². The third-order valence-electron chi connectivity index (χ3n) is 9.65. The maximum Gasteiger partial charge on any atom is 0.103 e. The molecule has 0 heterocycles. The zero-order valence-electron chi connectivity index (χ0n) is 16.3. The smallest absolute Gasteiger partial charge is 0.103 e. The largest absolute Gasteiger partial charge is 0.247 e. The highest BCUT2D eigenvalue weighted by atomic mass is 19.1. The van der Waals surface area contributed by atoms with E-state index in [0.717, 1.165) is 23.7 Å². The Balaban J connectivity index is 1.34. The van der Waals surface area contributed by atoms with Gasteiger partial charge in [0.2, 0.25) is 0 Å². The zero-order valence-corrected chi connectivity index (χ0v) is 16.3. The summed E-state index contributed by atoms with van der Waals surface area (Å²) in [5.41, 5.74) is 1.42. The Hall–Kier alpha value is -0.0700. The maximum absolute atomic E-state index is 14.4. The Kier molecular flexibility index (Phi) is 4.53. The van der Waals surface area contributed by atoms with Crippen LogP contribution >= 0.6 is 0 Å². The summed E-state index contributed by atoms with van der Waals surface area (Å²) < 4.78 is 14.4. The van der Waals surface area contributed by atoms with Gasteiger partial charge in [-0.2, -0.15) is 0 Å². The molecule has 138 valence electrons. The minimum absolute atomic E-state index is 0.287. The summed E-state index contributed by atoms with van der Waals surface area (Å²) >= 11 is 0. The van der Waals surface area contributed by atoms with E-state index in [9.17, 15) is 4.39 Å². The van der Waals surface area contributed by atoms with Gasteiger partial charge in [0.25, 0.3) is 0 Å². The normalized spacial score (nSPS) is 55.5. The Morgan fingerprint density at radius 2 is 1.33 bits per heavy atom. The fourth-order valence-corrected chi connectivity index (χ4v) is 7.25. The fourth-order valence-electron chi connectivity index (χ4n) is 7.25. The molecule has 0 aromatic carbocycles. The van der Waals surface area contributed by atoms with E-state index in [0.29, 0.717) is 17.3 Å². The Morgan fingerprint density at radius 3 is 1.88 bits per heavy atom. The minimum Gasteiger partial charge on any atom is -0.247 e. The molecule has 2 bridgehead atoms. The van der Waals surface area contributed by atoms with Gasteiger partial charge in [0.15, 0.2) is 0 Å². The molecular formula is C23H39F. The van der Waals surface area contributed by atoms with Crippen LogP contribution in [-0.4, -0.2) is 6.17 Å². The van der Waals surface area contributed by atoms with Gasteiger partial charge < -0.3 is 0 Å². The summed E-state index contributed by atoms with van der Waals surface area (Å²) in [6.07, 6.45) is 16.4. The summed E-state index contributed by atoms with van der Waals surface area (Å²) in [5.74, 6) is 3.40. The quantitative estimate of drug-likeness (QED) is 0.502. The lowest BCUT2D eigenvalue weighted by molar-refractivity contribution is -0.0585. The van der Waals surface area contributed by atoms with E-state index in [1.807, 2.05) is 0 Å². The van der Waals surface area contributed by atoms with Crippen LogP contribution < -0.4 is 0 Å². The van der Waals surface area contributed by atoms with Crippen LogP contribution in [0.1, 0.15) is 97.8 Å². The molecule has 0 aromatic rings. The van der Waals surface area contributed by atoms with Gasteiger partial charge >= 0.3 is 0 Å². The number of hydrogen-bond donors (Lipinski definition) is 0. The van der Waals surface area contributed by atoms with E-state index in [4.69, 9.17) is 0 Å². The molecule has 0 N–H and O–H groups in total. The van der Waals surface area contributed by atoms with Crippen LogP contribution in [0.5, 0.6) is 0 Å². The van der Waals surface area contributed by atoms with Crippen LogP contribution in [0, 0.1) is 40.4 Å². The standard InChI is InChI=1S/C23H39F/c1-16-14-19(15-21(24)17(16)2)18-4-6-20(7-5-18)23-11-8-22(3,9-12-23)10-13-23/h16-21H,4-15H2,1-3H3. The summed E-state index contributed by atoms with van der Waals surface area (Å²) in [5, 5.41) is 0. The third kappa shape index (κ3) is 2.96. The SMILES string of the molecule is CC1CC(C2CCC(C34CCC(C)(CC3)CC4)CC2)CC(F)C1C. The van der Waals surface area contributed by atoms with E-state index in [1.54, 1.807) is 0 Å². The predicted octanol–water partition coefficient (Wildman–Crippen LogP) is 7.17. The Labute approximate surface area is 149 Å². The van der Waals surface area contributed by atoms with Crippen molar-refractivity contribution in [2.45, 2.75) is 104 Å². The first kappa shape index (κ1) is 17.3. The molecule has 0 amide bonds. The first-order chi connectivity index (χ1) is 11.4. The zero-order chi connectivity index (χ0) is 16.9. The van der Waals surface area contributed by atoms with Crippen LogP contribution in [0.4, 0.5) is 4.39 Å². The molecule has 5 aliphatic rings. The van der Waals surface area contributed by atoms with Gasteiger partial charge in [0, 0.05) is 0 Å². The summed E-state index contributed by atoms with van der Waals surface area (Å²) in [7, 11) is 0.